The third kappa shape index (κ3) is 5.63. The Labute approximate surface area is 149 Å². The molecule has 0 bridgehead atoms. The van der Waals surface area contributed by atoms with E-state index in [0.717, 1.165) is 5.56 Å². The molecule has 1 aromatic heterocycles. The van der Waals surface area contributed by atoms with E-state index in [-0.39, 0.29) is 11.0 Å². The van der Waals surface area contributed by atoms with Gasteiger partial charge in [0, 0.05) is 22.3 Å². The maximum Gasteiger partial charge on any atom is 0.250 e. The second-order valence-electron chi connectivity index (χ2n) is 4.66. The first-order valence-corrected chi connectivity index (χ1v) is 7.78. The highest BCUT2D eigenvalue weighted by atomic mass is 35.5. The molecule has 0 radical (unpaired) electrons. The lowest BCUT2D eigenvalue weighted by atomic mass is 10.2. The predicted molar refractivity (Wildman–Crippen MR) is 98.8 cm³/mol. The summed E-state index contributed by atoms with van der Waals surface area (Å²) in [5.41, 5.74) is 1.72. The molecular weight excluding hydrogens is 353 g/mol. The first-order chi connectivity index (χ1) is 10.9. The summed E-state index contributed by atoms with van der Waals surface area (Å²) in [6.45, 7) is 1.94. The van der Waals surface area contributed by atoms with E-state index in [9.17, 15) is 4.79 Å². The Balaban J connectivity index is 1.93. The van der Waals surface area contributed by atoms with Crippen molar-refractivity contribution >= 4 is 58.3 Å². The standard InChI is InChI=1S/C16H13Cl2N3OS/c1-10-6-7-19-14(8-10)20-16(23)21-15(22)5-3-11-2-4-12(17)9-13(11)18/h2-9H,1H3,(H2,19,20,21,22,23)/b5-3+. The highest BCUT2D eigenvalue weighted by molar-refractivity contribution is 7.80. The van der Waals surface area contributed by atoms with E-state index in [1.54, 1.807) is 30.5 Å². The third-order valence-corrected chi connectivity index (χ3v) is 3.54. The van der Waals surface area contributed by atoms with Crippen LogP contribution in [0.1, 0.15) is 11.1 Å². The van der Waals surface area contributed by atoms with Crippen molar-refractivity contribution in [3.63, 3.8) is 0 Å². The number of carbonyl (C=O) groups excluding carboxylic acids is 1. The number of anilines is 1. The molecule has 4 nitrogen and oxygen atoms in total. The minimum atomic E-state index is -0.374. The van der Waals surface area contributed by atoms with Gasteiger partial charge in [-0.25, -0.2) is 4.98 Å². The van der Waals surface area contributed by atoms with Gasteiger partial charge in [-0.1, -0.05) is 29.3 Å². The summed E-state index contributed by atoms with van der Waals surface area (Å²) in [6.07, 6.45) is 4.58. The number of aromatic nitrogens is 1. The smallest absolute Gasteiger partial charge is 0.250 e. The summed E-state index contributed by atoms with van der Waals surface area (Å²) in [4.78, 5) is 15.9. The topological polar surface area (TPSA) is 54.0 Å². The molecule has 118 valence electrons. The lowest BCUT2D eigenvalue weighted by Crippen LogP contribution is -2.33. The Bertz CT molecular complexity index is 778. The molecule has 0 aliphatic heterocycles. The average Bonchev–Trinajstić information content (AvgIpc) is 2.46. The van der Waals surface area contributed by atoms with Crippen molar-refractivity contribution in [1.29, 1.82) is 0 Å². The molecule has 1 aromatic carbocycles. The van der Waals surface area contributed by atoms with Gasteiger partial charge in [-0.05, 0) is 60.6 Å². The van der Waals surface area contributed by atoms with Crippen molar-refractivity contribution in [1.82, 2.24) is 10.3 Å². The fourth-order valence-electron chi connectivity index (χ4n) is 1.71. The lowest BCUT2D eigenvalue weighted by molar-refractivity contribution is -0.115. The molecule has 2 aromatic rings. The molecule has 0 spiro atoms. The molecule has 7 heteroatoms. The summed E-state index contributed by atoms with van der Waals surface area (Å²) in [6, 6.07) is 8.71. The normalized spacial score (nSPS) is 10.6. The van der Waals surface area contributed by atoms with E-state index < -0.39 is 0 Å². The molecule has 0 aliphatic rings. The number of benzene rings is 1. The maximum absolute atomic E-state index is 11.8. The summed E-state index contributed by atoms with van der Waals surface area (Å²) >= 11 is 16.9. The quantitative estimate of drug-likeness (QED) is 0.631. The van der Waals surface area contributed by atoms with Crippen molar-refractivity contribution in [2.75, 3.05) is 5.32 Å². The molecule has 2 N–H and O–H groups in total. The van der Waals surface area contributed by atoms with Crippen LogP contribution in [0, 0.1) is 6.92 Å². The largest absolute Gasteiger partial charge is 0.317 e. The second-order valence-corrected chi connectivity index (χ2v) is 5.91. The van der Waals surface area contributed by atoms with E-state index in [1.807, 2.05) is 19.1 Å². The Morgan fingerprint density at radius 3 is 2.74 bits per heavy atom. The number of hydrogen-bond donors (Lipinski definition) is 2. The Morgan fingerprint density at radius 1 is 1.26 bits per heavy atom. The van der Waals surface area contributed by atoms with Gasteiger partial charge in [0.15, 0.2) is 5.11 Å². The van der Waals surface area contributed by atoms with Crippen LogP contribution < -0.4 is 10.6 Å². The van der Waals surface area contributed by atoms with Gasteiger partial charge >= 0.3 is 0 Å². The summed E-state index contributed by atoms with van der Waals surface area (Å²) in [5.74, 6) is 0.196. The zero-order valence-corrected chi connectivity index (χ0v) is 14.5. The van der Waals surface area contributed by atoms with Gasteiger partial charge in [0.25, 0.3) is 0 Å². The maximum atomic E-state index is 11.8. The fourth-order valence-corrected chi connectivity index (χ4v) is 2.38. The fraction of sp³-hybridized carbons (Fsp3) is 0.0625. The van der Waals surface area contributed by atoms with Crippen molar-refractivity contribution in [3.8, 4) is 0 Å². The van der Waals surface area contributed by atoms with Crippen LogP contribution in [0.15, 0.2) is 42.6 Å². The second kappa shape index (κ2) is 8.06. The van der Waals surface area contributed by atoms with Crippen molar-refractivity contribution in [2.24, 2.45) is 0 Å². The van der Waals surface area contributed by atoms with Crippen LogP contribution >= 0.6 is 35.4 Å². The summed E-state index contributed by atoms with van der Waals surface area (Å²) in [5, 5.41) is 6.54. The predicted octanol–water partition coefficient (Wildman–Crippen LogP) is 4.22. The monoisotopic (exact) mass is 365 g/mol. The van der Waals surface area contributed by atoms with Crippen LogP contribution in [-0.4, -0.2) is 16.0 Å². The minimum Gasteiger partial charge on any atom is -0.317 e. The first-order valence-electron chi connectivity index (χ1n) is 6.62. The van der Waals surface area contributed by atoms with Gasteiger partial charge in [-0.15, -0.1) is 0 Å². The minimum absolute atomic E-state index is 0.167. The zero-order chi connectivity index (χ0) is 16.8. The van der Waals surface area contributed by atoms with Gasteiger partial charge < -0.3 is 5.32 Å². The van der Waals surface area contributed by atoms with Gasteiger partial charge in [0.05, 0.1) is 0 Å². The Kier molecular flexibility index (Phi) is 6.10. The van der Waals surface area contributed by atoms with Gasteiger partial charge in [0.2, 0.25) is 5.91 Å². The lowest BCUT2D eigenvalue weighted by Gasteiger charge is -2.07. The molecule has 1 amide bonds. The van der Waals surface area contributed by atoms with Crippen LogP contribution in [-0.2, 0) is 4.79 Å². The van der Waals surface area contributed by atoms with E-state index in [2.05, 4.69) is 15.6 Å². The molecule has 23 heavy (non-hydrogen) atoms. The van der Waals surface area contributed by atoms with Crippen LogP contribution in [0.5, 0.6) is 0 Å². The SMILES string of the molecule is Cc1ccnc(NC(=S)NC(=O)/C=C/c2ccc(Cl)cc2Cl)c1. The highest BCUT2D eigenvalue weighted by Gasteiger charge is 2.03. The molecule has 0 atom stereocenters. The van der Waals surface area contributed by atoms with Crippen LogP contribution in [0.4, 0.5) is 5.82 Å². The number of thiocarbonyl (C=S) groups is 1. The van der Waals surface area contributed by atoms with Crippen molar-refractivity contribution in [2.45, 2.75) is 6.92 Å². The zero-order valence-electron chi connectivity index (χ0n) is 12.1. The third-order valence-electron chi connectivity index (χ3n) is 2.77. The Morgan fingerprint density at radius 2 is 2.04 bits per heavy atom. The molecule has 0 fully saturated rings. The number of rotatable bonds is 3. The average molecular weight is 366 g/mol. The van der Waals surface area contributed by atoms with E-state index in [4.69, 9.17) is 35.4 Å². The summed E-state index contributed by atoms with van der Waals surface area (Å²) in [7, 11) is 0. The molecule has 0 saturated heterocycles. The molecule has 0 unspecified atom stereocenters. The first kappa shape index (κ1) is 17.4. The van der Waals surface area contributed by atoms with E-state index in [1.165, 1.54) is 6.08 Å². The van der Waals surface area contributed by atoms with E-state index in [0.29, 0.717) is 21.4 Å². The van der Waals surface area contributed by atoms with Crippen LogP contribution in [0.3, 0.4) is 0 Å². The molecule has 0 aliphatic carbocycles. The van der Waals surface area contributed by atoms with Crippen LogP contribution in [0.2, 0.25) is 10.0 Å². The highest BCUT2D eigenvalue weighted by Crippen LogP contribution is 2.21. The molecule has 2 rings (SSSR count). The van der Waals surface area contributed by atoms with Crippen LogP contribution in [0.25, 0.3) is 6.08 Å². The van der Waals surface area contributed by atoms with Gasteiger partial charge in [-0.3, -0.25) is 10.1 Å². The molecule has 1 heterocycles. The number of amides is 1. The number of nitrogens with zero attached hydrogens (tertiary/aromatic N) is 1. The number of carbonyl (C=O) groups is 1. The number of aryl methyl sites for hydroxylation is 1. The molecule has 0 saturated carbocycles. The number of halogens is 2. The Hall–Kier alpha value is -1.95. The van der Waals surface area contributed by atoms with Gasteiger partial charge in [-0.2, -0.15) is 0 Å². The van der Waals surface area contributed by atoms with E-state index >= 15 is 0 Å². The number of hydrogen-bond acceptors (Lipinski definition) is 3. The van der Waals surface area contributed by atoms with Crippen molar-refractivity contribution in [3.05, 3.63) is 63.8 Å². The number of nitrogens with one attached hydrogen (secondary N) is 2. The van der Waals surface area contributed by atoms with Gasteiger partial charge in [0.1, 0.15) is 5.82 Å². The molecular formula is C16H13Cl2N3OS. The summed E-state index contributed by atoms with van der Waals surface area (Å²) < 4.78 is 0. The van der Waals surface area contributed by atoms with Crippen molar-refractivity contribution < 1.29 is 4.79 Å². The number of pyridine rings is 1.